The number of para-hydroxylation sites is 1. The summed E-state index contributed by atoms with van der Waals surface area (Å²) in [7, 11) is 0. The summed E-state index contributed by atoms with van der Waals surface area (Å²) in [6.07, 6.45) is -0.734. The lowest BCUT2D eigenvalue weighted by atomic mass is 10.0. The van der Waals surface area contributed by atoms with Gasteiger partial charge in [0.15, 0.2) is 12.2 Å². The van der Waals surface area contributed by atoms with E-state index < -0.39 is 24.3 Å². The van der Waals surface area contributed by atoms with Crippen LogP contribution in [0.2, 0.25) is 0 Å². The van der Waals surface area contributed by atoms with Crippen LogP contribution in [0.1, 0.15) is 17.2 Å². The Labute approximate surface area is 207 Å². The van der Waals surface area contributed by atoms with Gasteiger partial charge in [-0.1, -0.05) is 30.3 Å². The first kappa shape index (κ1) is 25.8. The Kier molecular flexibility index (Phi) is 9.44. The zero-order valence-electron chi connectivity index (χ0n) is 19.1. The van der Waals surface area contributed by atoms with Gasteiger partial charge in [0.1, 0.15) is 18.1 Å². The first-order chi connectivity index (χ1) is 17.5. The van der Waals surface area contributed by atoms with Crippen LogP contribution in [0.15, 0.2) is 91.0 Å². The van der Waals surface area contributed by atoms with Crippen LogP contribution in [0.4, 0.5) is 10.5 Å². The van der Waals surface area contributed by atoms with Crippen molar-refractivity contribution < 1.29 is 34.0 Å². The first-order valence-corrected chi connectivity index (χ1v) is 10.9. The van der Waals surface area contributed by atoms with Crippen LogP contribution >= 0.6 is 0 Å². The second kappa shape index (κ2) is 13.2. The van der Waals surface area contributed by atoms with E-state index in [4.69, 9.17) is 24.6 Å². The van der Waals surface area contributed by atoms with Crippen LogP contribution in [-0.4, -0.2) is 41.6 Å². The molecule has 0 aliphatic carbocycles. The zero-order chi connectivity index (χ0) is 25.8. The molecule has 0 radical (unpaired) electrons. The summed E-state index contributed by atoms with van der Waals surface area (Å²) in [5.74, 6) is -0.341. The molecule has 0 saturated heterocycles. The minimum absolute atomic E-state index is 0.0665. The average molecular weight is 488 g/mol. The van der Waals surface area contributed by atoms with E-state index in [1.807, 2.05) is 6.07 Å². The van der Waals surface area contributed by atoms with Gasteiger partial charge in [0, 0.05) is 17.3 Å². The van der Waals surface area contributed by atoms with Crippen molar-refractivity contribution in [3.05, 3.63) is 102 Å². The van der Waals surface area contributed by atoms with Crippen molar-refractivity contribution in [2.75, 3.05) is 18.5 Å². The third-order valence-electron chi connectivity index (χ3n) is 4.78. The largest absolute Gasteiger partial charge is 0.491 e. The quantitative estimate of drug-likeness (QED) is 0.340. The molecule has 0 aromatic heterocycles. The predicted molar refractivity (Wildman–Crippen MR) is 131 cm³/mol. The lowest BCUT2D eigenvalue weighted by Gasteiger charge is -2.26. The molecule has 9 heteroatoms. The van der Waals surface area contributed by atoms with Crippen LogP contribution in [0.5, 0.6) is 11.5 Å². The number of amides is 1. The summed E-state index contributed by atoms with van der Waals surface area (Å²) in [6, 6.07) is 23.5. The van der Waals surface area contributed by atoms with Crippen molar-refractivity contribution in [2.45, 2.75) is 12.2 Å². The number of aliphatic hydroxyl groups excluding tert-OH is 1. The summed E-state index contributed by atoms with van der Waals surface area (Å²) in [5.41, 5.74) is 1.30. The van der Waals surface area contributed by atoms with Crippen LogP contribution in [0, 0.1) is 11.3 Å². The van der Waals surface area contributed by atoms with Crippen molar-refractivity contribution in [1.82, 2.24) is 0 Å². The second-order valence-electron chi connectivity index (χ2n) is 7.38. The van der Waals surface area contributed by atoms with Gasteiger partial charge in [0.05, 0.1) is 18.2 Å². The number of aliphatic hydroxyl groups is 1. The number of hydrogen-bond acceptors (Lipinski definition) is 7. The SMILES string of the molecule is N#Cc1ccc(NC(=O)O[C@@H](c2cccc(OCCO)c2)[C@H](/C=C/C(=O)O)Oc2ccccc2)cc1. The molecule has 0 aliphatic rings. The molecule has 1 amide bonds. The van der Waals surface area contributed by atoms with E-state index in [2.05, 4.69) is 5.32 Å². The third-order valence-corrected chi connectivity index (χ3v) is 4.78. The number of carbonyl (C=O) groups excluding carboxylic acids is 1. The molecule has 3 rings (SSSR count). The van der Waals surface area contributed by atoms with Gasteiger partial charge in [-0.25, -0.2) is 9.59 Å². The van der Waals surface area contributed by atoms with Crippen molar-refractivity contribution in [3.63, 3.8) is 0 Å². The summed E-state index contributed by atoms with van der Waals surface area (Å²) in [6.45, 7) is -0.116. The molecule has 3 aromatic rings. The van der Waals surface area contributed by atoms with E-state index in [-0.39, 0.29) is 13.2 Å². The highest BCUT2D eigenvalue weighted by Gasteiger charge is 2.28. The van der Waals surface area contributed by atoms with Gasteiger partial charge in [0.2, 0.25) is 0 Å². The van der Waals surface area contributed by atoms with Gasteiger partial charge >= 0.3 is 12.1 Å². The number of hydrogen-bond donors (Lipinski definition) is 3. The molecule has 184 valence electrons. The second-order valence-corrected chi connectivity index (χ2v) is 7.38. The maximum absolute atomic E-state index is 12.8. The summed E-state index contributed by atoms with van der Waals surface area (Å²) < 4.78 is 17.2. The highest BCUT2D eigenvalue weighted by molar-refractivity contribution is 5.85. The Morgan fingerprint density at radius 2 is 1.72 bits per heavy atom. The molecule has 0 heterocycles. The topological polar surface area (TPSA) is 138 Å². The van der Waals surface area contributed by atoms with Crippen molar-refractivity contribution >= 4 is 17.7 Å². The fraction of sp³-hybridized carbons (Fsp3) is 0.148. The molecule has 3 N–H and O–H groups in total. The number of nitrogens with one attached hydrogen (secondary N) is 1. The summed E-state index contributed by atoms with van der Waals surface area (Å²) in [5, 5.41) is 29.8. The number of aliphatic carboxylic acids is 1. The minimum Gasteiger partial charge on any atom is -0.491 e. The molecular weight excluding hydrogens is 464 g/mol. The van der Waals surface area contributed by atoms with Gasteiger partial charge in [-0.3, -0.25) is 5.32 Å². The molecule has 3 aromatic carbocycles. The lowest BCUT2D eigenvalue weighted by molar-refractivity contribution is -0.131. The molecule has 9 nitrogen and oxygen atoms in total. The third kappa shape index (κ3) is 7.90. The molecule has 0 fully saturated rings. The van der Waals surface area contributed by atoms with Crippen LogP contribution in [0.25, 0.3) is 0 Å². The van der Waals surface area contributed by atoms with Crippen molar-refractivity contribution in [3.8, 4) is 17.6 Å². The minimum atomic E-state index is -1.20. The van der Waals surface area contributed by atoms with Gasteiger partial charge < -0.3 is 24.4 Å². The molecular formula is C27H24N2O7. The normalized spacial score (nSPS) is 12.2. The number of carboxylic acid groups (broad SMARTS) is 1. The number of nitrogens with zero attached hydrogens (tertiary/aromatic N) is 1. The highest BCUT2D eigenvalue weighted by Crippen LogP contribution is 2.29. The fourth-order valence-electron chi connectivity index (χ4n) is 3.20. The molecule has 0 saturated carbocycles. The Bertz CT molecular complexity index is 1220. The Balaban J connectivity index is 1.93. The Hall–Kier alpha value is -4.81. The van der Waals surface area contributed by atoms with Gasteiger partial charge in [-0.15, -0.1) is 0 Å². The molecule has 0 unspecified atom stereocenters. The number of anilines is 1. The smallest absolute Gasteiger partial charge is 0.412 e. The molecule has 0 aliphatic heterocycles. The fourth-order valence-corrected chi connectivity index (χ4v) is 3.20. The van der Waals surface area contributed by atoms with E-state index in [0.717, 1.165) is 6.08 Å². The lowest BCUT2D eigenvalue weighted by Crippen LogP contribution is -2.29. The molecule has 0 bridgehead atoms. The van der Waals surface area contributed by atoms with Gasteiger partial charge in [-0.05, 0) is 54.6 Å². The standard InChI is InChI=1S/C27H24N2O7/c28-18-19-9-11-21(12-10-19)29-27(33)36-26(20-5-4-8-23(17-20)34-16-15-30)24(13-14-25(31)32)35-22-6-2-1-3-7-22/h1-14,17,24,26,30H,15-16H2,(H,29,33)(H,31,32)/b14-13+/t24-,26-/m0/s1. The monoisotopic (exact) mass is 488 g/mol. The number of rotatable bonds is 11. The van der Waals surface area contributed by atoms with Crippen LogP contribution in [0.3, 0.4) is 0 Å². The molecule has 0 spiro atoms. The van der Waals surface area contributed by atoms with Gasteiger partial charge in [0.25, 0.3) is 0 Å². The van der Waals surface area contributed by atoms with Crippen molar-refractivity contribution in [1.29, 1.82) is 5.26 Å². The summed E-state index contributed by atoms with van der Waals surface area (Å²) in [4.78, 5) is 24.1. The zero-order valence-corrected chi connectivity index (χ0v) is 19.1. The van der Waals surface area contributed by atoms with Crippen molar-refractivity contribution in [2.24, 2.45) is 0 Å². The Morgan fingerprint density at radius 3 is 2.39 bits per heavy atom. The number of benzene rings is 3. The van der Waals surface area contributed by atoms with Crippen LogP contribution in [-0.2, 0) is 9.53 Å². The molecule has 2 atom stereocenters. The van der Waals surface area contributed by atoms with E-state index in [0.29, 0.717) is 28.3 Å². The van der Waals surface area contributed by atoms with E-state index in [9.17, 15) is 14.7 Å². The maximum Gasteiger partial charge on any atom is 0.412 e. The first-order valence-electron chi connectivity index (χ1n) is 10.9. The van der Waals surface area contributed by atoms with Gasteiger partial charge in [-0.2, -0.15) is 5.26 Å². The summed E-state index contributed by atoms with van der Waals surface area (Å²) >= 11 is 0. The van der Waals surface area contributed by atoms with E-state index in [1.165, 1.54) is 6.08 Å². The highest BCUT2D eigenvalue weighted by atomic mass is 16.6. The van der Waals surface area contributed by atoms with Crippen LogP contribution < -0.4 is 14.8 Å². The number of carbonyl (C=O) groups is 2. The number of carboxylic acids is 1. The maximum atomic E-state index is 12.8. The predicted octanol–water partition coefficient (Wildman–Crippen LogP) is 4.31. The number of nitriles is 1. The molecule has 36 heavy (non-hydrogen) atoms. The van der Waals surface area contributed by atoms with E-state index in [1.54, 1.807) is 78.9 Å². The Morgan fingerprint density at radius 1 is 1.00 bits per heavy atom. The van der Waals surface area contributed by atoms with E-state index >= 15 is 0 Å². The number of ether oxygens (including phenoxy) is 3. The average Bonchev–Trinajstić information content (AvgIpc) is 2.89.